The van der Waals surface area contributed by atoms with E-state index in [4.69, 9.17) is 13.3 Å². The average Bonchev–Trinajstić information content (AvgIpc) is 3.90. The van der Waals surface area contributed by atoms with Gasteiger partial charge in [0.05, 0.1) is 5.69 Å². The van der Waals surface area contributed by atoms with Crippen molar-refractivity contribution in [1.29, 1.82) is 0 Å². The zero-order valence-corrected chi connectivity index (χ0v) is 27.9. The van der Waals surface area contributed by atoms with E-state index >= 15 is 0 Å². The maximum atomic E-state index is 6.92. The van der Waals surface area contributed by atoms with Gasteiger partial charge in [0.15, 0.2) is 5.58 Å². The second-order valence-electron chi connectivity index (χ2n) is 13.3. The van der Waals surface area contributed by atoms with Crippen molar-refractivity contribution in [3.8, 4) is 22.3 Å². The van der Waals surface area contributed by atoms with Crippen molar-refractivity contribution in [3.05, 3.63) is 176 Å². The molecule has 3 heterocycles. The fourth-order valence-corrected chi connectivity index (χ4v) is 7.82. The van der Waals surface area contributed by atoms with E-state index in [0.29, 0.717) is 0 Å². The molecule has 3 aromatic heterocycles. The minimum absolute atomic E-state index is 0.831. The lowest BCUT2D eigenvalue weighted by Gasteiger charge is -2.26. The molecule has 4 nitrogen and oxygen atoms in total. The van der Waals surface area contributed by atoms with Crippen LogP contribution in [-0.4, -0.2) is 0 Å². The van der Waals surface area contributed by atoms with Crippen LogP contribution >= 0.6 is 0 Å². The summed E-state index contributed by atoms with van der Waals surface area (Å²) in [4.78, 5) is 2.29. The highest BCUT2D eigenvalue weighted by Gasteiger charge is 2.22. The minimum atomic E-state index is 0.831. The van der Waals surface area contributed by atoms with Crippen molar-refractivity contribution >= 4 is 82.9 Å². The quantitative estimate of drug-likeness (QED) is 0.183. The molecule has 0 amide bonds. The molecule has 0 N–H and O–H groups in total. The molecule has 0 spiro atoms. The maximum absolute atomic E-state index is 6.92. The highest BCUT2D eigenvalue weighted by atomic mass is 16.3. The van der Waals surface area contributed by atoms with Gasteiger partial charge in [0, 0.05) is 49.3 Å². The molecule has 0 aliphatic heterocycles. The third kappa shape index (κ3) is 4.41. The minimum Gasteiger partial charge on any atom is -0.456 e. The molecule has 244 valence electrons. The fourth-order valence-electron chi connectivity index (χ4n) is 7.82. The van der Waals surface area contributed by atoms with Crippen LogP contribution < -0.4 is 4.90 Å². The largest absolute Gasteiger partial charge is 0.456 e. The molecule has 0 radical (unpaired) electrons. The number of rotatable bonds is 5. The number of benzene rings is 8. The van der Waals surface area contributed by atoms with Gasteiger partial charge in [-0.3, -0.25) is 0 Å². The number of furan rings is 3. The van der Waals surface area contributed by atoms with Crippen molar-refractivity contribution in [1.82, 2.24) is 0 Å². The van der Waals surface area contributed by atoms with Gasteiger partial charge in [-0.1, -0.05) is 115 Å². The summed E-state index contributed by atoms with van der Waals surface area (Å²) in [6, 6.07) is 61.3. The Morgan fingerprint density at radius 3 is 1.71 bits per heavy atom. The first kappa shape index (κ1) is 28.8. The van der Waals surface area contributed by atoms with Crippen molar-refractivity contribution in [2.75, 3.05) is 4.90 Å². The lowest BCUT2D eigenvalue weighted by atomic mass is 10.0. The van der Waals surface area contributed by atoms with Gasteiger partial charge >= 0.3 is 0 Å². The normalized spacial score (nSPS) is 11.8. The molecule has 11 rings (SSSR count). The van der Waals surface area contributed by atoms with Crippen molar-refractivity contribution < 1.29 is 13.3 Å². The molecular formula is C48H29NO3. The summed E-state index contributed by atoms with van der Waals surface area (Å²) in [5, 5.41) is 6.57. The topological polar surface area (TPSA) is 42.7 Å². The number of hydrogen-bond donors (Lipinski definition) is 0. The first-order chi connectivity index (χ1) is 25.8. The Labute approximate surface area is 298 Å². The highest BCUT2D eigenvalue weighted by Crippen LogP contribution is 2.45. The van der Waals surface area contributed by atoms with Gasteiger partial charge < -0.3 is 18.2 Å². The van der Waals surface area contributed by atoms with E-state index in [-0.39, 0.29) is 0 Å². The monoisotopic (exact) mass is 667 g/mol. The third-order valence-corrected chi connectivity index (χ3v) is 10.3. The van der Waals surface area contributed by atoms with E-state index in [2.05, 4.69) is 150 Å². The summed E-state index contributed by atoms with van der Waals surface area (Å²) in [7, 11) is 0. The Morgan fingerprint density at radius 1 is 0.308 bits per heavy atom. The van der Waals surface area contributed by atoms with E-state index in [1.165, 1.54) is 0 Å². The summed E-state index contributed by atoms with van der Waals surface area (Å²) >= 11 is 0. The van der Waals surface area contributed by atoms with Gasteiger partial charge in [-0.15, -0.1) is 0 Å². The summed E-state index contributed by atoms with van der Waals surface area (Å²) in [6.45, 7) is 0. The standard InChI is InChI=1S/C48H29NO3/c1-2-10-31(11-3-1)35-14-8-15-39-40-16-9-17-42(48(40)52-47(35)39)49(34-25-27-45-41(29-34)37-13-5-7-19-44(37)50-45)33-23-20-30(21-24-33)32-22-26-38-36-12-4-6-18-43(36)51-46(38)28-32/h1-29H. The van der Waals surface area contributed by atoms with Crippen LogP contribution in [0.25, 0.3) is 88.1 Å². The van der Waals surface area contributed by atoms with Crippen LogP contribution in [0.1, 0.15) is 0 Å². The van der Waals surface area contributed by atoms with Crippen LogP contribution in [-0.2, 0) is 0 Å². The first-order valence-electron chi connectivity index (χ1n) is 17.5. The van der Waals surface area contributed by atoms with Crippen LogP contribution in [0.4, 0.5) is 17.1 Å². The zero-order chi connectivity index (χ0) is 34.2. The molecule has 0 aliphatic carbocycles. The number of fused-ring (bicyclic) bond motifs is 9. The third-order valence-electron chi connectivity index (χ3n) is 10.3. The van der Waals surface area contributed by atoms with E-state index in [1.807, 2.05) is 30.3 Å². The Morgan fingerprint density at radius 2 is 0.904 bits per heavy atom. The molecule has 0 unspecified atom stereocenters. The molecule has 0 fully saturated rings. The molecule has 52 heavy (non-hydrogen) atoms. The first-order valence-corrected chi connectivity index (χ1v) is 17.5. The van der Waals surface area contributed by atoms with Gasteiger partial charge in [-0.2, -0.15) is 0 Å². The predicted molar refractivity (Wildman–Crippen MR) is 214 cm³/mol. The molecular weight excluding hydrogens is 639 g/mol. The van der Waals surface area contributed by atoms with E-state index in [9.17, 15) is 0 Å². The van der Waals surface area contributed by atoms with E-state index in [1.54, 1.807) is 0 Å². The van der Waals surface area contributed by atoms with Gasteiger partial charge in [-0.05, 0) is 77.4 Å². The maximum Gasteiger partial charge on any atom is 0.159 e. The van der Waals surface area contributed by atoms with Crippen LogP contribution in [0.2, 0.25) is 0 Å². The highest BCUT2D eigenvalue weighted by molar-refractivity contribution is 6.14. The lowest BCUT2D eigenvalue weighted by Crippen LogP contribution is -2.10. The van der Waals surface area contributed by atoms with Gasteiger partial charge in [-0.25, -0.2) is 0 Å². The van der Waals surface area contributed by atoms with Crippen molar-refractivity contribution in [3.63, 3.8) is 0 Å². The molecule has 0 saturated carbocycles. The second-order valence-corrected chi connectivity index (χ2v) is 13.3. The Balaban J connectivity index is 1.10. The smallest absolute Gasteiger partial charge is 0.159 e. The van der Waals surface area contributed by atoms with E-state index < -0.39 is 0 Å². The summed E-state index contributed by atoms with van der Waals surface area (Å²) in [5.41, 5.74) is 12.6. The Hall–Kier alpha value is -7.04. The van der Waals surface area contributed by atoms with Crippen LogP contribution in [0.3, 0.4) is 0 Å². The van der Waals surface area contributed by atoms with Crippen LogP contribution in [0.15, 0.2) is 189 Å². The Kier molecular flexibility index (Phi) is 6.22. The van der Waals surface area contributed by atoms with E-state index in [0.717, 1.165) is 105 Å². The molecule has 0 aliphatic rings. The lowest BCUT2D eigenvalue weighted by molar-refractivity contribution is 0.668. The molecule has 4 heteroatoms. The summed E-state index contributed by atoms with van der Waals surface area (Å²) in [6.07, 6.45) is 0. The van der Waals surface area contributed by atoms with Crippen LogP contribution in [0.5, 0.6) is 0 Å². The number of para-hydroxylation sites is 4. The van der Waals surface area contributed by atoms with Gasteiger partial charge in [0.25, 0.3) is 0 Å². The zero-order valence-electron chi connectivity index (χ0n) is 27.9. The SMILES string of the molecule is c1ccc(-c2cccc3c2oc2c(N(c4ccc(-c5ccc6c(c5)oc5ccccc56)cc4)c4ccc5oc6ccccc6c5c4)cccc23)cc1. The number of nitrogens with zero attached hydrogens (tertiary/aromatic N) is 1. The molecule has 11 aromatic rings. The van der Waals surface area contributed by atoms with Crippen molar-refractivity contribution in [2.24, 2.45) is 0 Å². The van der Waals surface area contributed by atoms with Gasteiger partial charge in [0.2, 0.25) is 0 Å². The molecule has 0 atom stereocenters. The fraction of sp³-hybridized carbons (Fsp3) is 0. The number of hydrogen-bond acceptors (Lipinski definition) is 4. The van der Waals surface area contributed by atoms with Crippen molar-refractivity contribution in [2.45, 2.75) is 0 Å². The molecule has 0 bridgehead atoms. The number of anilines is 3. The summed E-state index contributed by atoms with van der Waals surface area (Å²) < 4.78 is 19.4. The molecule has 8 aromatic carbocycles. The molecule has 0 saturated heterocycles. The predicted octanol–water partition coefficient (Wildman–Crippen LogP) is 14.2. The van der Waals surface area contributed by atoms with Crippen LogP contribution in [0, 0.1) is 0 Å². The summed E-state index contributed by atoms with van der Waals surface area (Å²) in [5.74, 6) is 0. The Bertz CT molecular complexity index is 3130. The van der Waals surface area contributed by atoms with Gasteiger partial charge in [0.1, 0.15) is 27.9 Å². The second kappa shape index (κ2) is 11.2. The average molecular weight is 668 g/mol.